The molecule has 0 aliphatic carbocycles. The van der Waals surface area contributed by atoms with Gasteiger partial charge in [-0.15, -0.1) is 21.5 Å². The van der Waals surface area contributed by atoms with Crippen LogP contribution < -0.4 is 5.32 Å². The first kappa shape index (κ1) is 20.0. The number of hydrogen-bond acceptors (Lipinski definition) is 7. The maximum Gasteiger partial charge on any atom is 0.277 e. The third-order valence-electron chi connectivity index (χ3n) is 3.92. The Morgan fingerprint density at radius 2 is 1.83 bits per heavy atom. The second kappa shape index (κ2) is 9.04. The zero-order chi connectivity index (χ0) is 20.2. The van der Waals surface area contributed by atoms with E-state index in [1.54, 1.807) is 0 Å². The van der Waals surface area contributed by atoms with Gasteiger partial charge in [0, 0.05) is 10.8 Å². The van der Waals surface area contributed by atoms with Crippen molar-refractivity contribution < 1.29 is 4.79 Å². The monoisotopic (exact) mass is 458 g/mol. The number of aryl methyl sites for hydroxylation is 1. The van der Waals surface area contributed by atoms with Crippen LogP contribution >= 0.6 is 46.0 Å². The van der Waals surface area contributed by atoms with Crippen LogP contribution in [0.15, 0.2) is 58.9 Å². The number of carbonyl (C=O) groups is 1. The highest BCUT2D eigenvalue weighted by atomic mass is 35.5. The van der Waals surface area contributed by atoms with Gasteiger partial charge in [0.15, 0.2) is 4.34 Å². The molecule has 1 N–H and O–H groups in total. The van der Waals surface area contributed by atoms with Crippen molar-refractivity contribution in [3.05, 3.63) is 75.9 Å². The molecule has 0 atom stereocenters. The first-order valence-corrected chi connectivity index (χ1v) is 11.6. The number of thiazole rings is 1. The molecule has 5 nitrogen and oxygen atoms in total. The highest BCUT2D eigenvalue weighted by Crippen LogP contribution is 2.33. The van der Waals surface area contributed by atoms with Gasteiger partial charge in [-0.3, -0.25) is 10.1 Å². The minimum Gasteiger partial charge on any atom is -0.295 e. The highest BCUT2D eigenvalue weighted by molar-refractivity contribution is 8.00. The number of thioether (sulfide) groups is 1. The number of amides is 1. The molecule has 0 aliphatic heterocycles. The van der Waals surface area contributed by atoms with E-state index in [1.165, 1.54) is 34.4 Å². The van der Waals surface area contributed by atoms with E-state index in [0.29, 0.717) is 16.6 Å². The summed E-state index contributed by atoms with van der Waals surface area (Å²) in [7, 11) is 0. The molecule has 0 spiro atoms. The van der Waals surface area contributed by atoms with Crippen LogP contribution in [0.3, 0.4) is 0 Å². The van der Waals surface area contributed by atoms with Crippen LogP contribution in [0.25, 0.3) is 10.4 Å². The Morgan fingerprint density at radius 1 is 1.07 bits per heavy atom. The van der Waals surface area contributed by atoms with Crippen molar-refractivity contribution in [2.45, 2.75) is 17.0 Å². The summed E-state index contributed by atoms with van der Waals surface area (Å²) in [5, 5.41) is 13.1. The zero-order valence-corrected chi connectivity index (χ0v) is 18.5. The Labute approximate surface area is 185 Å². The molecule has 1 amide bonds. The smallest absolute Gasteiger partial charge is 0.277 e. The lowest BCUT2D eigenvalue weighted by Gasteiger charge is -2.02. The lowest BCUT2D eigenvalue weighted by Crippen LogP contribution is -2.13. The summed E-state index contributed by atoms with van der Waals surface area (Å²) in [4.78, 5) is 18.1. The van der Waals surface area contributed by atoms with Crippen molar-refractivity contribution >= 4 is 57.1 Å². The van der Waals surface area contributed by atoms with Crippen LogP contribution in [0.4, 0.5) is 5.13 Å². The van der Waals surface area contributed by atoms with E-state index in [1.807, 2.05) is 61.5 Å². The lowest BCUT2D eigenvalue weighted by atomic mass is 10.1. The number of aromatic nitrogens is 3. The normalized spacial score (nSPS) is 10.8. The third-order valence-corrected chi connectivity index (χ3v) is 7.33. The van der Waals surface area contributed by atoms with Gasteiger partial charge in [-0.2, -0.15) is 0 Å². The molecule has 29 heavy (non-hydrogen) atoms. The topological polar surface area (TPSA) is 67.8 Å². The van der Waals surface area contributed by atoms with Crippen LogP contribution in [0, 0.1) is 6.92 Å². The lowest BCUT2D eigenvalue weighted by molar-refractivity contribution is 0.102. The molecule has 0 bridgehead atoms. The predicted octanol–water partition coefficient (Wildman–Crippen LogP) is 6.17. The molecule has 0 fully saturated rings. The SMILES string of the molecule is Cc1nc(C(=O)Nc2nnc(SCc3ccccc3Cl)s2)c(-c2ccccc2)s1. The highest BCUT2D eigenvalue weighted by Gasteiger charge is 2.20. The van der Waals surface area contributed by atoms with E-state index in [0.717, 1.165) is 30.4 Å². The number of rotatable bonds is 6. The molecule has 2 heterocycles. The zero-order valence-electron chi connectivity index (χ0n) is 15.3. The molecule has 0 unspecified atom stereocenters. The van der Waals surface area contributed by atoms with Crippen LogP contribution in [0.5, 0.6) is 0 Å². The van der Waals surface area contributed by atoms with E-state index in [2.05, 4.69) is 20.5 Å². The quantitative estimate of drug-likeness (QED) is 0.276. The minimum absolute atomic E-state index is 0.285. The van der Waals surface area contributed by atoms with E-state index >= 15 is 0 Å². The Kier molecular flexibility index (Phi) is 6.25. The summed E-state index contributed by atoms with van der Waals surface area (Å²) in [5.41, 5.74) is 2.40. The van der Waals surface area contributed by atoms with Crippen molar-refractivity contribution in [3.63, 3.8) is 0 Å². The van der Waals surface area contributed by atoms with E-state index < -0.39 is 0 Å². The fraction of sp³-hybridized carbons (Fsp3) is 0.100. The summed E-state index contributed by atoms with van der Waals surface area (Å²) in [5.74, 6) is 0.401. The molecular formula is C20H15ClN4OS3. The van der Waals surface area contributed by atoms with Crippen LogP contribution in [-0.4, -0.2) is 21.1 Å². The first-order valence-electron chi connectivity index (χ1n) is 8.64. The van der Waals surface area contributed by atoms with Crippen molar-refractivity contribution in [3.8, 4) is 10.4 Å². The second-order valence-corrected chi connectivity index (χ2v) is 9.79. The van der Waals surface area contributed by atoms with Gasteiger partial charge in [-0.1, -0.05) is 83.2 Å². The fourth-order valence-electron chi connectivity index (χ4n) is 2.60. The number of halogens is 1. The Morgan fingerprint density at radius 3 is 2.62 bits per heavy atom. The maximum absolute atomic E-state index is 12.8. The van der Waals surface area contributed by atoms with Gasteiger partial charge < -0.3 is 0 Å². The number of carbonyl (C=O) groups excluding carboxylic acids is 1. The van der Waals surface area contributed by atoms with Gasteiger partial charge >= 0.3 is 0 Å². The third kappa shape index (κ3) is 4.84. The molecule has 4 rings (SSSR count). The van der Waals surface area contributed by atoms with Crippen LogP contribution in [0.2, 0.25) is 5.02 Å². The Hall–Kier alpha value is -2.26. The minimum atomic E-state index is -0.285. The molecule has 4 aromatic rings. The summed E-state index contributed by atoms with van der Waals surface area (Å²) in [6, 6.07) is 17.5. The van der Waals surface area contributed by atoms with Crippen LogP contribution in [0.1, 0.15) is 21.1 Å². The number of nitrogens with one attached hydrogen (secondary N) is 1. The average Bonchev–Trinajstić information content (AvgIpc) is 3.34. The van der Waals surface area contributed by atoms with Crippen molar-refractivity contribution in [2.24, 2.45) is 0 Å². The van der Waals surface area contributed by atoms with Crippen molar-refractivity contribution in [1.82, 2.24) is 15.2 Å². The fourth-order valence-corrected chi connectivity index (χ4v) is 5.55. The number of benzene rings is 2. The van der Waals surface area contributed by atoms with E-state index in [-0.39, 0.29) is 5.91 Å². The van der Waals surface area contributed by atoms with Gasteiger partial charge in [0.25, 0.3) is 5.91 Å². The largest absolute Gasteiger partial charge is 0.295 e. The van der Waals surface area contributed by atoms with Crippen molar-refractivity contribution in [2.75, 3.05) is 5.32 Å². The summed E-state index contributed by atoms with van der Waals surface area (Å²) < 4.78 is 0.762. The van der Waals surface area contributed by atoms with Crippen molar-refractivity contribution in [1.29, 1.82) is 0 Å². The number of nitrogens with zero attached hydrogens (tertiary/aromatic N) is 3. The maximum atomic E-state index is 12.8. The molecule has 0 saturated carbocycles. The summed E-state index contributed by atoms with van der Waals surface area (Å²) in [6.45, 7) is 1.89. The number of hydrogen-bond donors (Lipinski definition) is 1. The van der Waals surface area contributed by atoms with E-state index in [4.69, 9.17) is 11.6 Å². The van der Waals surface area contributed by atoms with E-state index in [9.17, 15) is 4.79 Å². The van der Waals surface area contributed by atoms with Gasteiger partial charge in [0.2, 0.25) is 5.13 Å². The standard InChI is InChI=1S/C20H15ClN4OS3/c1-12-22-16(17(28-12)13-7-3-2-4-8-13)18(26)23-19-24-25-20(29-19)27-11-14-9-5-6-10-15(14)21/h2-10H,11H2,1H3,(H,23,24,26). The molecule has 0 aliphatic rings. The molecule has 2 aromatic carbocycles. The first-order chi connectivity index (χ1) is 14.1. The van der Waals surface area contributed by atoms with Gasteiger partial charge in [-0.05, 0) is 24.1 Å². The van der Waals surface area contributed by atoms with Crippen LogP contribution in [-0.2, 0) is 5.75 Å². The second-order valence-electron chi connectivity index (χ2n) is 5.98. The molecule has 146 valence electrons. The Balaban J connectivity index is 1.46. The summed E-state index contributed by atoms with van der Waals surface area (Å²) in [6.07, 6.45) is 0. The molecule has 0 radical (unpaired) electrons. The molecular weight excluding hydrogens is 444 g/mol. The molecule has 2 aromatic heterocycles. The predicted molar refractivity (Wildman–Crippen MR) is 121 cm³/mol. The molecule has 0 saturated heterocycles. The van der Waals surface area contributed by atoms with Gasteiger partial charge in [-0.25, -0.2) is 4.98 Å². The number of anilines is 1. The molecule has 9 heteroatoms. The summed E-state index contributed by atoms with van der Waals surface area (Å²) >= 11 is 10.6. The average molecular weight is 459 g/mol. The van der Waals surface area contributed by atoms with Gasteiger partial charge in [0.1, 0.15) is 5.69 Å². The Bertz CT molecular complexity index is 1140. The van der Waals surface area contributed by atoms with Gasteiger partial charge in [0.05, 0.1) is 9.88 Å².